The van der Waals surface area contributed by atoms with Crippen LogP contribution < -0.4 is 11.1 Å². The van der Waals surface area contributed by atoms with Gasteiger partial charge in [-0.2, -0.15) is 19.6 Å². The Morgan fingerprint density at radius 1 is 1.38 bits per heavy atom. The van der Waals surface area contributed by atoms with Crippen molar-refractivity contribution in [1.29, 1.82) is 0 Å². The Balaban J connectivity index is 0.000000475. The number of nitrogens with two attached hydrogens (primary N) is 1. The number of piperazine rings is 1. The van der Waals surface area contributed by atoms with Gasteiger partial charge < -0.3 is 28.0 Å². The molecule has 2 rings (SSSR count). The third-order valence-corrected chi connectivity index (χ3v) is 3.80. The van der Waals surface area contributed by atoms with Crippen LogP contribution in [0.5, 0.6) is 0 Å². The molecule has 0 aromatic carbocycles. The number of nitrogens with zero attached hydrogens (tertiary/aromatic N) is 3. The first kappa shape index (κ1) is 25.6. The Bertz CT molecular complexity index is 499. The number of halogens is 3. The number of alkyl halides is 3. The van der Waals surface area contributed by atoms with Crippen molar-refractivity contribution in [2.75, 3.05) is 38.5 Å². The maximum absolute atomic E-state index is 11.8. The predicted octanol–water partition coefficient (Wildman–Crippen LogP) is 1.39. The van der Waals surface area contributed by atoms with E-state index in [-0.39, 0.29) is 49.0 Å². The van der Waals surface area contributed by atoms with Gasteiger partial charge in [0.1, 0.15) is 5.82 Å². The van der Waals surface area contributed by atoms with E-state index in [4.69, 9.17) is 5.73 Å². The van der Waals surface area contributed by atoms with Crippen LogP contribution in [-0.2, 0) is 6.18 Å². The van der Waals surface area contributed by atoms with E-state index in [1.807, 2.05) is 13.3 Å². The second-order valence-electron chi connectivity index (χ2n) is 5.87. The van der Waals surface area contributed by atoms with E-state index < -0.39 is 11.9 Å². The van der Waals surface area contributed by atoms with Crippen LogP contribution in [0.3, 0.4) is 0 Å². The van der Waals surface area contributed by atoms with Crippen LogP contribution in [0.25, 0.3) is 0 Å². The number of anilines is 1. The molecule has 146 valence electrons. The van der Waals surface area contributed by atoms with Gasteiger partial charge in [-0.1, -0.05) is 18.9 Å². The molecule has 0 radical (unpaired) electrons. The summed E-state index contributed by atoms with van der Waals surface area (Å²) in [6, 6.07) is 0. The average molecular weight is 599 g/mol. The number of rotatable bonds is 5. The third kappa shape index (κ3) is 10.1. The van der Waals surface area contributed by atoms with E-state index in [0.29, 0.717) is 6.20 Å². The molecule has 4 N–H and O–H groups in total. The zero-order valence-corrected chi connectivity index (χ0v) is 19.0. The van der Waals surface area contributed by atoms with Crippen molar-refractivity contribution in [3.8, 4) is 0 Å². The van der Waals surface area contributed by atoms with Crippen LogP contribution in [0, 0.1) is 50.4 Å². The molecule has 1 aromatic heterocycles. The van der Waals surface area contributed by atoms with Gasteiger partial charge in [-0.25, -0.2) is 4.98 Å². The fourth-order valence-corrected chi connectivity index (χ4v) is 2.07. The Morgan fingerprint density at radius 2 is 2.00 bits per heavy atom. The molecule has 1 aromatic rings. The summed E-state index contributed by atoms with van der Waals surface area (Å²) in [5.74, 6) is 0.0396. The first-order valence-electron chi connectivity index (χ1n) is 8.12. The van der Waals surface area contributed by atoms with Crippen molar-refractivity contribution < 1.29 is 49.4 Å². The Hall–Kier alpha value is -0.398. The molecule has 0 spiro atoms. The van der Waals surface area contributed by atoms with E-state index in [1.165, 1.54) is 0 Å². The zero-order chi connectivity index (χ0) is 18.9. The molecule has 2 atom stereocenters. The van der Waals surface area contributed by atoms with Gasteiger partial charge in [-0.15, -0.1) is 6.54 Å². The van der Waals surface area contributed by atoms with Gasteiger partial charge in [-0.3, -0.25) is 11.4 Å². The molecule has 0 bridgehead atoms. The first-order chi connectivity index (χ1) is 11.7. The molecule has 10 heteroatoms. The van der Waals surface area contributed by atoms with E-state index in [9.17, 15) is 18.3 Å². The molecule has 0 aliphatic carbocycles. The summed E-state index contributed by atoms with van der Waals surface area (Å²) >= 11 is 0. The maximum Gasteiger partial charge on any atom is 2.00 e. The molecule has 2 unspecified atom stereocenters. The number of aliphatic hydroxyl groups excluding tert-OH is 1. The summed E-state index contributed by atoms with van der Waals surface area (Å²) in [5.41, 5.74) is 3.91. The average Bonchev–Trinajstić information content (AvgIpc) is 2.59. The standard InChI is InChI=1S/C11H22N2O.C5H4F3N3.U/c1-3-10(2)11(14)4-7-13-8-5-12-6-9-13;6-5(7,8)3-1-10-2-4(9)11-3;/h4,10-12,14H,1,3,5-9H2,2H3;1-2H,(H2,9,11);/q-2;;+2. The zero-order valence-electron chi connectivity index (χ0n) is 14.8. The van der Waals surface area contributed by atoms with Crippen molar-refractivity contribution in [3.05, 3.63) is 31.4 Å². The van der Waals surface area contributed by atoms with Gasteiger partial charge in [-0.05, 0) is 0 Å². The maximum atomic E-state index is 11.8. The summed E-state index contributed by atoms with van der Waals surface area (Å²) in [6.45, 7) is 11.0. The van der Waals surface area contributed by atoms with Crippen LogP contribution in [-0.4, -0.2) is 58.8 Å². The minimum Gasteiger partial charge on any atom is -0.425 e. The van der Waals surface area contributed by atoms with Crippen LogP contribution in [0.4, 0.5) is 19.0 Å². The Labute approximate surface area is 176 Å². The van der Waals surface area contributed by atoms with Crippen LogP contribution in [0.2, 0.25) is 0 Å². The second-order valence-corrected chi connectivity index (χ2v) is 5.87. The smallest absolute Gasteiger partial charge is 0.425 e. The molecule has 1 fully saturated rings. The Morgan fingerprint density at radius 3 is 2.46 bits per heavy atom. The molecule has 6 nitrogen and oxygen atoms in total. The van der Waals surface area contributed by atoms with Crippen molar-refractivity contribution in [3.63, 3.8) is 0 Å². The Kier molecular flexibility index (Phi) is 12.7. The number of aliphatic hydroxyl groups is 1. The van der Waals surface area contributed by atoms with Gasteiger partial charge in [0.05, 0.1) is 12.4 Å². The van der Waals surface area contributed by atoms with Crippen LogP contribution >= 0.6 is 0 Å². The molecule has 1 saturated heterocycles. The monoisotopic (exact) mass is 599 g/mol. The van der Waals surface area contributed by atoms with Crippen molar-refractivity contribution in [2.24, 2.45) is 5.92 Å². The number of nitrogen functional groups attached to an aromatic ring is 1. The number of hydrogen-bond acceptors (Lipinski definition) is 6. The number of hydrogen-bond donors (Lipinski definition) is 3. The fourth-order valence-electron chi connectivity index (χ4n) is 2.07. The normalized spacial score (nSPS) is 17.5. The molecule has 1 aliphatic rings. The summed E-state index contributed by atoms with van der Waals surface area (Å²) < 4.78 is 35.4. The van der Waals surface area contributed by atoms with E-state index in [0.717, 1.165) is 45.3 Å². The molecule has 0 saturated carbocycles. The predicted molar refractivity (Wildman–Crippen MR) is 90.2 cm³/mol. The van der Waals surface area contributed by atoms with Gasteiger partial charge in [0, 0.05) is 26.2 Å². The first-order valence-corrected chi connectivity index (χ1v) is 8.12. The van der Waals surface area contributed by atoms with E-state index in [1.54, 1.807) is 0 Å². The second kappa shape index (κ2) is 12.9. The molecular formula is C16H26F3N5OU. The van der Waals surface area contributed by atoms with E-state index in [2.05, 4.69) is 27.1 Å². The van der Waals surface area contributed by atoms with Gasteiger partial charge >= 0.3 is 37.3 Å². The summed E-state index contributed by atoms with van der Waals surface area (Å²) in [4.78, 5) is 8.63. The minimum absolute atomic E-state index is 0. The van der Waals surface area contributed by atoms with Crippen molar-refractivity contribution in [1.82, 2.24) is 20.2 Å². The van der Waals surface area contributed by atoms with Gasteiger partial charge in [0.15, 0.2) is 5.69 Å². The van der Waals surface area contributed by atoms with Gasteiger partial charge in [0.25, 0.3) is 0 Å². The SMILES string of the molecule is Nc1cncc(C(F)(F)F)n1.[CH2-]CC(C)C(O)[CH-]CN1CCNCC1.[U+2]. The van der Waals surface area contributed by atoms with Crippen LogP contribution in [0.1, 0.15) is 19.0 Å². The fraction of sp³-hybridized carbons (Fsp3) is 0.625. The molecule has 0 amide bonds. The van der Waals surface area contributed by atoms with Crippen LogP contribution in [0.15, 0.2) is 12.4 Å². The van der Waals surface area contributed by atoms with Crippen molar-refractivity contribution in [2.45, 2.75) is 25.6 Å². The number of nitrogens with one attached hydrogen (secondary N) is 1. The van der Waals surface area contributed by atoms with Gasteiger partial charge in [0.2, 0.25) is 0 Å². The molecule has 26 heavy (non-hydrogen) atoms. The minimum atomic E-state index is -4.47. The topological polar surface area (TPSA) is 87.3 Å². The van der Waals surface area contributed by atoms with E-state index >= 15 is 0 Å². The number of aromatic nitrogens is 2. The largest absolute Gasteiger partial charge is 2.00 e. The quantitative estimate of drug-likeness (QED) is 0.444. The summed E-state index contributed by atoms with van der Waals surface area (Å²) in [5, 5.41) is 13.0. The summed E-state index contributed by atoms with van der Waals surface area (Å²) in [6.07, 6.45) is -0.309. The molecular weight excluding hydrogens is 573 g/mol. The molecule has 2 heterocycles. The third-order valence-electron chi connectivity index (χ3n) is 3.80. The van der Waals surface area contributed by atoms with Crippen molar-refractivity contribution >= 4 is 5.82 Å². The summed E-state index contributed by atoms with van der Waals surface area (Å²) in [7, 11) is 0. The molecule has 1 aliphatic heterocycles.